The summed E-state index contributed by atoms with van der Waals surface area (Å²) >= 11 is 11.6. The SMILES string of the molecule is O=C(Nc1ccc2c(c1)N(S(=O)(=O)c1ccc(Cl)c(F)c1)NC2)c1c(F)cccc1Cl. The number of benzene rings is 3. The van der Waals surface area contributed by atoms with Gasteiger partial charge in [-0.3, -0.25) is 4.79 Å². The van der Waals surface area contributed by atoms with E-state index in [1.54, 1.807) is 12.1 Å². The highest BCUT2D eigenvalue weighted by molar-refractivity contribution is 7.92. The van der Waals surface area contributed by atoms with Crippen LogP contribution in [-0.4, -0.2) is 14.3 Å². The molecular formula is C20H13Cl2F2N3O3S. The van der Waals surface area contributed by atoms with Gasteiger partial charge in [-0.05, 0) is 48.0 Å². The van der Waals surface area contributed by atoms with Crippen LogP contribution in [0.1, 0.15) is 15.9 Å². The second kappa shape index (κ2) is 8.08. The molecule has 1 amide bonds. The first-order chi connectivity index (χ1) is 14.7. The number of carbonyl (C=O) groups excluding carboxylic acids is 1. The van der Waals surface area contributed by atoms with Crippen molar-refractivity contribution >= 4 is 50.5 Å². The van der Waals surface area contributed by atoms with Gasteiger partial charge in [0.05, 0.1) is 26.2 Å². The predicted molar refractivity (Wildman–Crippen MR) is 114 cm³/mol. The first-order valence-corrected chi connectivity index (χ1v) is 11.0. The van der Waals surface area contributed by atoms with E-state index >= 15 is 0 Å². The third kappa shape index (κ3) is 3.97. The van der Waals surface area contributed by atoms with Crippen LogP contribution in [0, 0.1) is 11.6 Å². The van der Waals surface area contributed by atoms with Gasteiger partial charge >= 0.3 is 0 Å². The molecule has 6 nitrogen and oxygen atoms in total. The van der Waals surface area contributed by atoms with Crippen molar-refractivity contribution in [3.8, 4) is 0 Å². The lowest BCUT2D eigenvalue weighted by molar-refractivity contribution is 0.102. The van der Waals surface area contributed by atoms with Crippen molar-refractivity contribution in [2.75, 3.05) is 9.73 Å². The van der Waals surface area contributed by atoms with Crippen LogP contribution in [0.3, 0.4) is 0 Å². The number of anilines is 2. The molecule has 160 valence electrons. The van der Waals surface area contributed by atoms with E-state index in [0.29, 0.717) is 5.56 Å². The van der Waals surface area contributed by atoms with E-state index in [2.05, 4.69) is 10.7 Å². The summed E-state index contributed by atoms with van der Waals surface area (Å²) in [6, 6.07) is 11.6. The lowest BCUT2D eigenvalue weighted by atomic mass is 10.1. The maximum absolute atomic E-state index is 14.0. The molecule has 3 aromatic carbocycles. The van der Waals surface area contributed by atoms with Crippen LogP contribution in [0.25, 0.3) is 0 Å². The van der Waals surface area contributed by atoms with Crippen LogP contribution in [-0.2, 0) is 16.6 Å². The Balaban J connectivity index is 1.66. The van der Waals surface area contributed by atoms with Crippen molar-refractivity contribution in [1.82, 2.24) is 5.43 Å². The minimum atomic E-state index is -4.17. The molecular weight excluding hydrogens is 471 g/mol. The van der Waals surface area contributed by atoms with Crippen molar-refractivity contribution in [2.24, 2.45) is 0 Å². The van der Waals surface area contributed by atoms with E-state index in [9.17, 15) is 22.0 Å². The predicted octanol–water partition coefficient (Wildman–Crippen LogP) is 4.74. The Morgan fingerprint density at radius 1 is 1.00 bits per heavy atom. The molecule has 0 aliphatic carbocycles. The second-order valence-electron chi connectivity index (χ2n) is 6.57. The number of hydrazine groups is 1. The number of nitrogens with zero attached hydrogens (tertiary/aromatic N) is 1. The normalized spacial score (nSPS) is 13.2. The molecule has 0 saturated carbocycles. The summed E-state index contributed by atoms with van der Waals surface area (Å²) in [6.07, 6.45) is 0. The number of amides is 1. The van der Waals surface area contributed by atoms with Gasteiger partial charge < -0.3 is 5.32 Å². The number of rotatable bonds is 4. The van der Waals surface area contributed by atoms with E-state index in [4.69, 9.17) is 23.2 Å². The molecule has 0 unspecified atom stereocenters. The van der Waals surface area contributed by atoms with Gasteiger partial charge in [0.2, 0.25) is 0 Å². The molecule has 31 heavy (non-hydrogen) atoms. The standard InChI is InChI=1S/C20H13Cl2F2N3O3S/c21-14-7-6-13(9-17(14)24)31(29,30)27-18-8-12(5-4-11(18)10-25-27)26-20(28)19-15(22)2-1-3-16(19)23/h1-9,25H,10H2,(H,26,28). The Morgan fingerprint density at radius 3 is 2.48 bits per heavy atom. The number of nitrogens with one attached hydrogen (secondary N) is 2. The van der Waals surface area contributed by atoms with Crippen LogP contribution < -0.4 is 15.2 Å². The van der Waals surface area contributed by atoms with E-state index < -0.39 is 27.6 Å². The fraction of sp³-hybridized carbons (Fsp3) is 0.0500. The molecule has 4 rings (SSSR count). The molecule has 11 heteroatoms. The van der Waals surface area contributed by atoms with Crippen LogP contribution in [0.4, 0.5) is 20.2 Å². The number of halogens is 4. The van der Waals surface area contributed by atoms with Gasteiger partial charge in [0.25, 0.3) is 15.9 Å². The number of fused-ring (bicyclic) bond motifs is 1. The Kier molecular flexibility index (Phi) is 5.61. The summed E-state index contributed by atoms with van der Waals surface area (Å²) in [5.41, 5.74) is 3.46. The maximum atomic E-state index is 14.0. The van der Waals surface area contributed by atoms with E-state index in [0.717, 1.165) is 22.6 Å². The number of sulfonamides is 1. The molecule has 0 fully saturated rings. The summed E-state index contributed by atoms with van der Waals surface area (Å²) in [5, 5.41) is 2.24. The number of carbonyl (C=O) groups is 1. The Labute approximate surface area is 186 Å². The first kappa shape index (κ1) is 21.5. The molecule has 1 heterocycles. The first-order valence-electron chi connectivity index (χ1n) is 8.80. The highest BCUT2D eigenvalue weighted by Gasteiger charge is 2.32. The van der Waals surface area contributed by atoms with E-state index in [1.807, 2.05) is 0 Å². The third-order valence-corrected chi connectivity index (χ3v) is 6.87. The van der Waals surface area contributed by atoms with Gasteiger partial charge in [-0.1, -0.05) is 35.3 Å². The van der Waals surface area contributed by atoms with Crippen LogP contribution in [0.15, 0.2) is 59.5 Å². The summed E-state index contributed by atoms with van der Waals surface area (Å²) in [7, 11) is -4.17. The molecule has 0 atom stereocenters. The van der Waals surface area contributed by atoms with Gasteiger partial charge in [-0.2, -0.15) is 12.8 Å². The van der Waals surface area contributed by atoms with Crippen molar-refractivity contribution in [3.05, 3.63) is 87.4 Å². The molecule has 0 saturated heterocycles. The molecule has 0 bridgehead atoms. The molecule has 1 aliphatic rings. The lowest BCUT2D eigenvalue weighted by Crippen LogP contribution is -2.38. The summed E-state index contributed by atoms with van der Waals surface area (Å²) in [4.78, 5) is 12.2. The summed E-state index contributed by atoms with van der Waals surface area (Å²) in [6.45, 7) is 0.192. The zero-order valence-corrected chi connectivity index (χ0v) is 17.8. The van der Waals surface area contributed by atoms with Crippen LogP contribution >= 0.6 is 23.2 Å². The summed E-state index contributed by atoms with van der Waals surface area (Å²) in [5.74, 6) is -2.45. The molecule has 0 aromatic heterocycles. The van der Waals surface area contributed by atoms with Crippen molar-refractivity contribution in [2.45, 2.75) is 11.4 Å². The highest BCUT2D eigenvalue weighted by atomic mass is 35.5. The van der Waals surface area contributed by atoms with Gasteiger partial charge in [-0.15, -0.1) is 0 Å². The maximum Gasteiger partial charge on any atom is 0.277 e. The highest BCUT2D eigenvalue weighted by Crippen LogP contribution is 2.33. The lowest BCUT2D eigenvalue weighted by Gasteiger charge is -2.20. The minimum Gasteiger partial charge on any atom is -0.322 e. The van der Waals surface area contributed by atoms with Crippen LogP contribution in [0.5, 0.6) is 0 Å². The zero-order valence-electron chi connectivity index (χ0n) is 15.5. The quantitative estimate of drug-likeness (QED) is 0.561. The second-order valence-corrected chi connectivity index (χ2v) is 9.18. The molecule has 2 N–H and O–H groups in total. The number of hydrogen-bond acceptors (Lipinski definition) is 4. The van der Waals surface area contributed by atoms with Crippen molar-refractivity contribution in [1.29, 1.82) is 0 Å². The Morgan fingerprint density at radius 2 is 1.77 bits per heavy atom. The zero-order chi connectivity index (χ0) is 22.3. The molecule has 3 aromatic rings. The Bertz CT molecular complexity index is 1300. The Hall–Kier alpha value is -2.72. The number of hydrogen-bond donors (Lipinski definition) is 2. The van der Waals surface area contributed by atoms with Crippen molar-refractivity contribution < 1.29 is 22.0 Å². The molecule has 0 spiro atoms. The monoisotopic (exact) mass is 483 g/mol. The topological polar surface area (TPSA) is 78.5 Å². The van der Waals surface area contributed by atoms with Gasteiger partial charge in [0.15, 0.2) is 0 Å². The van der Waals surface area contributed by atoms with Crippen LogP contribution in [0.2, 0.25) is 10.0 Å². The smallest absolute Gasteiger partial charge is 0.277 e. The fourth-order valence-corrected chi connectivity index (χ4v) is 4.82. The average Bonchev–Trinajstić information content (AvgIpc) is 3.14. The fourth-order valence-electron chi connectivity index (χ4n) is 3.09. The van der Waals surface area contributed by atoms with Gasteiger partial charge in [0.1, 0.15) is 11.6 Å². The minimum absolute atomic E-state index is 0.0608. The molecule has 1 aliphatic heterocycles. The van der Waals surface area contributed by atoms with E-state index in [1.165, 1.54) is 24.3 Å². The average molecular weight is 484 g/mol. The van der Waals surface area contributed by atoms with E-state index in [-0.39, 0.29) is 38.4 Å². The third-order valence-electron chi connectivity index (χ3n) is 4.59. The summed E-state index contributed by atoms with van der Waals surface area (Å²) < 4.78 is 54.7. The van der Waals surface area contributed by atoms with Gasteiger partial charge in [0, 0.05) is 12.2 Å². The van der Waals surface area contributed by atoms with Gasteiger partial charge in [-0.25, -0.2) is 14.2 Å². The molecule has 0 radical (unpaired) electrons. The largest absolute Gasteiger partial charge is 0.322 e. The van der Waals surface area contributed by atoms with Crippen molar-refractivity contribution in [3.63, 3.8) is 0 Å².